The summed E-state index contributed by atoms with van der Waals surface area (Å²) in [6, 6.07) is 0.0214. The van der Waals surface area contributed by atoms with Crippen LogP contribution in [0.15, 0.2) is 11.6 Å². The highest BCUT2D eigenvalue weighted by Gasteiger charge is 2.70. The Hall–Kier alpha value is -1.64. The molecule has 0 aromatic carbocycles. The smallest absolute Gasteiger partial charge is 0.331 e. The molecule has 0 spiro atoms. The molecule has 0 unspecified atom stereocenters. The Kier molecular flexibility index (Phi) is 6.25. The van der Waals surface area contributed by atoms with Gasteiger partial charge in [-0.2, -0.15) is 0 Å². The highest BCUT2D eigenvalue weighted by Crippen LogP contribution is 2.70. The van der Waals surface area contributed by atoms with E-state index < -0.39 is 17.1 Å². The molecular weight excluding hydrogens is 448 g/mol. The fourth-order valence-electron chi connectivity index (χ4n) is 9.17. The van der Waals surface area contributed by atoms with Crippen molar-refractivity contribution in [3.63, 3.8) is 0 Å². The van der Waals surface area contributed by atoms with Gasteiger partial charge in [0, 0.05) is 31.1 Å². The van der Waals surface area contributed by atoms with Crippen LogP contribution in [0.2, 0.25) is 0 Å². The summed E-state index contributed by atoms with van der Waals surface area (Å²) in [6.45, 7) is 4.86. The van der Waals surface area contributed by atoms with Gasteiger partial charge in [-0.1, -0.05) is 13.8 Å². The van der Waals surface area contributed by atoms with Gasteiger partial charge in [-0.05, 0) is 86.0 Å². The van der Waals surface area contributed by atoms with Gasteiger partial charge < -0.3 is 30.3 Å². The maximum atomic E-state index is 12.5. The molecule has 8 heteroatoms. The second-order valence-corrected chi connectivity index (χ2v) is 12.4. The van der Waals surface area contributed by atoms with E-state index in [9.17, 15) is 19.8 Å². The Morgan fingerprint density at radius 2 is 1.94 bits per heavy atom. The summed E-state index contributed by atoms with van der Waals surface area (Å²) >= 11 is 0. The van der Waals surface area contributed by atoms with Crippen LogP contribution in [-0.4, -0.2) is 76.8 Å². The summed E-state index contributed by atoms with van der Waals surface area (Å²) in [5, 5.41) is 35.8. The van der Waals surface area contributed by atoms with Crippen LogP contribution in [-0.2, 0) is 9.53 Å². The third-order valence-corrected chi connectivity index (χ3v) is 11.3. The van der Waals surface area contributed by atoms with E-state index in [-0.39, 0.29) is 61.0 Å². The van der Waals surface area contributed by atoms with E-state index in [4.69, 9.17) is 9.84 Å². The first-order valence-corrected chi connectivity index (χ1v) is 13.5. The van der Waals surface area contributed by atoms with Crippen molar-refractivity contribution in [2.75, 3.05) is 26.8 Å². The molecule has 0 saturated heterocycles. The number of hydrogen-bond acceptors (Lipinski definition) is 6. The number of ether oxygens (including phenoxy) is 1. The quantitative estimate of drug-likeness (QED) is 0.449. The van der Waals surface area contributed by atoms with Gasteiger partial charge in [-0.25, -0.2) is 9.59 Å². The van der Waals surface area contributed by atoms with Crippen molar-refractivity contribution >= 4 is 12.0 Å². The number of amides is 2. The van der Waals surface area contributed by atoms with E-state index >= 15 is 0 Å². The van der Waals surface area contributed by atoms with Crippen molar-refractivity contribution in [3.8, 4) is 0 Å². The first-order chi connectivity index (χ1) is 16.6. The Bertz CT molecular complexity index is 908. The van der Waals surface area contributed by atoms with Crippen LogP contribution in [0.4, 0.5) is 4.79 Å². The first-order valence-electron chi connectivity index (χ1n) is 13.5. The molecule has 0 aromatic rings. The van der Waals surface area contributed by atoms with Crippen molar-refractivity contribution < 1.29 is 29.6 Å². The fourth-order valence-corrected chi connectivity index (χ4v) is 9.17. The summed E-state index contributed by atoms with van der Waals surface area (Å²) < 4.78 is 5.19. The van der Waals surface area contributed by atoms with Crippen LogP contribution in [0.5, 0.6) is 0 Å². The maximum Gasteiger partial charge on any atom is 0.331 e. The number of fused-ring (bicyclic) bond motifs is 5. The molecule has 196 valence electrons. The zero-order valence-corrected chi connectivity index (χ0v) is 21.3. The number of cyclic esters (lactones) is 1. The molecule has 4 saturated carbocycles. The minimum atomic E-state index is -0.960. The molecule has 5 aliphatic rings. The third-order valence-electron chi connectivity index (χ3n) is 11.3. The van der Waals surface area contributed by atoms with Gasteiger partial charge in [0.2, 0.25) is 0 Å². The van der Waals surface area contributed by atoms with Gasteiger partial charge in [-0.3, -0.25) is 0 Å². The Balaban J connectivity index is 1.36. The average Bonchev–Trinajstić information content (AvgIpc) is 3.38. The van der Waals surface area contributed by atoms with Crippen molar-refractivity contribution in [1.29, 1.82) is 0 Å². The monoisotopic (exact) mass is 490 g/mol. The molecule has 2 amide bonds. The van der Waals surface area contributed by atoms with Gasteiger partial charge >= 0.3 is 12.0 Å². The van der Waals surface area contributed by atoms with E-state index in [1.807, 2.05) is 14.0 Å². The summed E-state index contributed by atoms with van der Waals surface area (Å²) in [5.41, 5.74) is -0.699. The third kappa shape index (κ3) is 3.57. The largest absolute Gasteiger partial charge is 0.458 e. The normalized spacial score (nSPS) is 46.7. The lowest BCUT2D eigenvalue weighted by atomic mass is 9.42. The summed E-state index contributed by atoms with van der Waals surface area (Å²) in [7, 11) is 1.84. The zero-order valence-electron chi connectivity index (χ0n) is 21.3. The SMILES string of the molecule is CN(C(=O)NCCO)[C@H]1CC[C@@]2(C)[C@H](CC[C@@H]3[C@@H]2C[C@@H](O)[C@]2(C)[C@@H](C4=CC(=O)OC4)CC[C@]32O)C1. The molecule has 0 bridgehead atoms. The molecule has 5 rings (SSSR count). The topological polar surface area (TPSA) is 119 Å². The number of esters is 1. The van der Waals surface area contributed by atoms with Gasteiger partial charge in [0.1, 0.15) is 6.61 Å². The van der Waals surface area contributed by atoms with Crippen LogP contribution in [0.1, 0.15) is 65.2 Å². The molecule has 4 aliphatic carbocycles. The van der Waals surface area contributed by atoms with E-state index in [1.54, 1.807) is 11.0 Å². The number of rotatable bonds is 4. The number of aliphatic hydroxyl groups excluding tert-OH is 2. The van der Waals surface area contributed by atoms with E-state index in [0.717, 1.165) is 44.1 Å². The second-order valence-electron chi connectivity index (χ2n) is 12.4. The van der Waals surface area contributed by atoms with Crippen LogP contribution in [0, 0.1) is 34.5 Å². The Labute approximate surface area is 208 Å². The molecule has 0 radical (unpaired) electrons. The number of carbonyl (C=O) groups excluding carboxylic acids is 2. The predicted octanol–water partition coefficient (Wildman–Crippen LogP) is 2.22. The number of carbonyl (C=O) groups is 2. The van der Waals surface area contributed by atoms with Crippen LogP contribution in [0.25, 0.3) is 0 Å². The second kappa shape index (κ2) is 8.73. The van der Waals surface area contributed by atoms with Crippen LogP contribution in [0.3, 0.4) is 0 Å². The molecule has 8 nitrogen and oxygen atoms in total. The highest BCUT2D eigenvalue weighted by molar-refractivity contribution is 5.85. The number of hydrogen-bond donors (Lipinski definition) is 4. The fraction of sp³-hybridized carbons (Fsp3) is 0.852. The van der Waals surface area contributed by atoms with Crippen LogP contribution < -0.4 is 5.32 Å². The van der Waals surface area contributed by atoms with E-state index in [0.29, 0.717) is 18.8 Å². The summed E-state index contributed by atoms with van der Waals surface area (Å²) in [6.07, 6.45) is 7.78. The molecule has 1 aliphatic heterocycles. The minimum Gasteiger partial charge on any atom is -0.458 e. The molecule has 0 aromatic heterocycles. The van der Waals surface area contributed by atoms with Crippen molar-refractivity contribution in [2.24, 2.45) is 34.5 Å². The highest BCUT2D eigenvalue weighted by atomic mass is 16.5. The lowest BCUT2D eigenvalue weighted by molar-refractivity contribution is -0.243. The summed E-state index contributed by atoms with van der Waals surface area (Å²) in [5.74, 6) is 0.446. The minimum absolute atomic E-state index is 0.0175. The van der Waals surface area contributed by atoms with E-state index in [2.05, 4.69) is 12.2 Å². The van der Waals surface area contributed by atoms with Gasteiger partial charge in [0.15, 0.2) is 0 Å². The Morgan fingerprint density at radius 3 is 2.63 bits per heavy atom. The lowest BCUT2D eigenvalue weighted by Crippen LogP contribution is -2.67. The Morgan fingerprint density at radius 1 is 1.17 bits per heavy atom. The van der Waals surface area contributed by atoms with E-state index in [1.165, 1.54) is 0 Å². The molecule has 1 heterocycles. The molecule has 4 N–H and O–H groups in total. The maximum absolute atomic E-state index is 12.5. The zero-order chi connectivity index (χ0) is 25.2. The van der Waals surface area contributed by atoms with Gasteiger partial charge in [-0.15, -0.1) is 0 Å². The van der Waals surface area contributed by atoms with Crippen LogP contribution >= 0.6 is 0 Å². The average molecular weight is 491 g/mol. The number of urea groups is 1. The van der Waals surface area contributed by atoms with Crippen molar-refractivity contribution in [3.05, 3.63) is 11.6 Å². The van der Waals surface area contributed by atoms with Crippen molar-refractivity contribution in [2.45, 2.75) is 83.0 Å². The number of nitrogens with zero attached hydrogens (tertiary/aromatic N) is 1. The predicted molar refractivity (Wildman–Crippen MR) is 129 cm³/mol. The molecule has 4 fully saturated rings. The lowest BCUT2D eigenvalue weighted by Gasteiger charge is -2.65. The molecule has 35 heavy (non-hydrogen) atoms. The van der Waals surface area contributed by atoms with Gasteiger partial charge in [0.25, 0.3) is 0 Å². The molecule has 9 atom stereocenters. The number of nitrogens with one attached hydrogen (secondary N) is 1. The van der Waals surface area contributed by atoms with Crippen molar-refractivity contribution in [1.82, 2.24) is 10.2 Å². The summed E-state index contributed by atoms with van der Waals surface area (Å²) in [4.78, 5) is 26.0. The molecular formula is C27H42N2O6. The standard InChI is InChI=1S/C27H42N2O6/c1-25-8-6-18(29(3)24(33)28-10-11-30)13-17(25)4-5-20-21(25)14-22(31)26(2)19(7-9-27(20,26)34)16-12-23(32)35-15-16/h12,17-22,30-31,34H,4-11,13-15H2,1-3H3,(H,28,33)/t17-,18+,19-,20-,21+,22-,25+,26+,27+/m1/s1. The van der Waals surface area contributed by atoms with Gasteiger partial charge in [0.05, 0.1) is 18.3 Å². The first kappa shape index (κ1) is 25.0. The number of aliphatic hydroxyl groups is 3.